The molecular formula is C20H24FN5O2. The zero-order valence-corrected chi connectivity index (χ0v) is 15.8. The molecule has 1 fully saturated rings. The second-order valence-corrected chi connectivity index (χ2v) is 6.86. The zero-order chi connectivity index (χ0) is 19.9. The number of nitrogens with zero attached hydrogens (tertiary/aromatic N) is 3. The summed E-state index contributed by atoms with van der Waals surface area (Å²) in [5.74, 6) is -0.543. The molecule has 2 N–H and O–H groups in total. The summed E-state index contributed by atoms with van der Waals surface area (Å²) in [4.78, 5) is 35.4. The number of likely N-dealkylation sites (tertiary alicyclic amines) is 1. The lowest BCUT2D eigenvalue weighted by Crippen LogP contribution is -2.41. The molecule has 0 bridgehead atoms. The summed E-state index contributed by atoms with van der Waals surface area (Å²) in [5, 5.41) is 5.88. The monoisotopic (exact) mass is 385 g/mol. The predicted molar refractivity (Wildman–Crippen MR) is 102 cm³/mol. The minimum atomic E-state index is -0.481. The van der Waals surface area contributed by atoms with Gasteiger partial charge < -0.3 is 15.5 Å². The van der Waals surface area contributed by atoms with Crippen LogP contribution < -0.4 is 10.6 Å². The third kappa shape index (κ3) is 4.89. The van der Waals surface area contributed by atoms with Crippen molar-refractivity contribution >= 4 is 11.8 Å². The molecule has 2 heterocycles. The highest BCUT2D eigenvalue weighted by atomic mass is 19.1. The summed E-state index contributed by atoms with van der Waals surface area (Å²) in [6, 6.07) is 5.84. The summed E-state index contributed by atoms with van der Waals surface area (Å²) >= 11 is 0. The molecular weight excluding hydrogens is 361 g/mol. The van der Waals surface area contributed by atoms with E-state index in [1.807, 2.05) is 7.05 Å². The van der Waals surface area contributed by atoms with Crippen LogP contribution in [0.2, 0.25) is 0 Å². The molecule has 0 saturated carbocycles. The van der Waals surface area contributed by atoms with Crippen molar-refractivity contribution in [2.24, 2.45) is 5.92 Å². The number of rotatable bonds is 6. The highest BCUT2D eigenvalue weighted by molar-refractivity contribution is 6.04. The highest BCUT2D eigenvalue weighted by Crippen LogP contribution is 2.18. The fourth-order valence-electron chi connectivity index (χ4n) is 3.31. The number of benzene rings is 1. The van der Waals surface area contributed by atoms with E-state index in [1.165, 1.54) is 24.5 Å². The van der Waals surface area contributed by atoms with Crippen molar-refractivity contribution in [1.82, 2.24) is 25.5 Å². The highest BCUT2D eigenvalue weighted by Gasteiger charge is 2.28. The van der Waals surface area contributed by atoms with Gasteiger partial charge in [-0.3, -0.25) is 9.59 Å². The number of nitrogens with one attached hydrogen (secondary N) is 2. The number of aromatic nitrogens is 2. The summed E-state index contributed by atoms with van der Waals surface area (Å²) in [6.45, 7) is 2.42. The number of carbonyl (C=O) groups excluding carboxylic acids is 2. The van der Waals surface area contributed by atoms with E-state index in [2.05, 4.69) is 20.6 Å². The van der Waals surface area contributed by atoms with E-state index < -0.39 is 5.91 Å². The first-order chi connectivity index (χ1) is 13.6. The first-order valence-electron chi connectivity index (χ1n) is 9.36. The molecule has 1 aromatic heterocycles. The molecule has 0 atom stereocenters. The largest absolute Gasteiger partial charge is 0.347 e. The zero-order valence-electron chi connectivity index (χ0n) is 15.8. The van der Waals surface area contributed by atoms with Crippen molar-refractivity contribution in [2.75, 3.05) is 26.7 Å². The van der Waals surface area contributed by atoms with E-state index in [9.17, 15) is 14.0 Å². The Morgan fingerprint density at radius 2 is 1.75 bits per heavy atom. The van der Waals surface area contributed by atoms with Gasteiger partial charge in [0, 0.05) is 32.0 Å². The molecule has 1 aliphatic heterocycles. The lowest BCUT2D eigenvalue weighted by molar-refractivity contribution is 0.0678. The van der Waals surface area contributed by atoms with Crippen LogP contribution in [0.3, 0.4) is 0 Å². The van der Waals surface area contributed by atoms with Crippen molar-refractivity contribution in [3.63, 3.8) is 0 Å². The van der Waals surface area contributed by atoms with Crippen LogP contribution in [0.4, 0.5) is 4.39 Å². The molecule has 1 aliphatic rings. The molecule has 0 unspecified atom stereocenters. The molecule has 0 aliphatic carbocycles. The molecule has 7 nitrogen and oxygen atoms in total. The number of amides is 2. The van der Waals surface area contributed by atoms with Gasteiger partial charge in [0.05, 0.1) is 0 Å². The summed E-state index contributed by atoms with van der Waals surface area (Å²) in [7, 11) is 1.92. The van der Waals surface area contributed by atoms with Crippen molar-refractivity contribution in [2.45, 2.75) is 19.4 Å². The van der Waals surface area contributed by atoms with E-state index in [0.29, 0.717) is 19.0 Å². The first-order valence-corrected chi connectivity index (χ1v) is 9.36. The molecule has 28 heavy (non-hydrogen) atoms. The van der Waals surface area contributed by atoms with Crippen LogP contribution in [-0.2, 0) is 6.54 Å². The molecule has 0 spiro atoms. The van der Waals surface area contributed by atoms with Gasteiger partial charge in [-0.25, -0.2) is 14.4 Å². The van der Waals surface area contributed by atoms with Gasteiger partial charge in [-0.05, 0) is 50.0 Å². The van der Waals surface area contributed by atoms with E-state index in [1.54, 1.807) is 17.0 Å². The maximum atomic E-state index is 13.0. The Balaban J connectivity index is 1.66. The van der Waals surface area contributed by atoms with Gasteiger partial charge in [0.2, 0.25) is 0 Å². The Kier molecular flexibility index (Phi) is 6.65. The second kappa shape index (κ2) is 9.36. The second-order valence-electron chi connectivity index (χ2n) is 6.86. The first kappa shape index (κ1) is 19.9. The van der Waals surface area contributed by atoms with Gasteiger partial charge in [-0.2, -0.15) is 0 Å². The van der Waals surface area contributed by atoms with Crippen LogP contribution in [0, 0.1) is 11.7 Å². The van der Waals surface area contributed by atoms with Crippen LogP contribution in [0.15, 0.2) is 36.7 Å². The summed E-state index contributed by atoms with van der Waals surface area (Å²) < 4.78 is 13.0. The molecule has 2 amide bonds. The number of hydrogen-bond acceptors (Lipinski definition) is 5. The Morgan fingerprint density at radius 1 is 1.11 bits per heavy atom. The number of piperidine rings is 1. The van der Waals surface area contributed by atoms with Crippen molar-refractivity contribution < 1.29 is 14.0 Å². The Morgan fingerprint density at radius 3 is 2.39 bits per heavy atom. The molecule has 3 rings (SSSR count). The van der Waals surface area contributed by atoms with E-state index in [4.69, 9.17) is 0 Å². The smallest absolute Gasteiger partial charge is 0.274 e. The normalized spacial score (nSPS) is 14.7. The van der Waals surface area contributed by atoms with E-state index in [-0.39, 0.29) is 29.7 Å². The minimum Gasteiger partial charge on any atom is -0.347 e. The van der Waals surface area contributed by atoms with Crippen LogP contribution in [0.25, 0.3) is 0 Å². The number of hydrogen-bond donors (Lipinski definition) is 2. The molecule has 2 aromatic rings. The van der Waals surface area contributed by atoms with Gasteiger partial charge in [0.15, 0.2) is 11.4 Å². The number of carbonyl (C=O) groups is 2. The quantitative estimate of drug-likeness (QED) is 0.789. The van der Waals surface area contributed by atoms with Gasteiger partial charge in [0.25, 0.3) is 11.8 Å². The SMILES string of the molecule is CNCC1CCN(C(=O)c2nccnc2C(=O)NCc2ccc(F)cc2)CC1. The Labute approximate surface area is 163 Å². The molecule has 0 radical (unpaired) electrons. The van der Waals surface area contributed by atoms with E-state index in [0.717, 1.165) is 24.9 Å². The van der Waals surface area contributed by atoms with Crippen LogP contribution >= 0.6 is 0 Å². The fraction of sp³-hybridized carbons (Fsp3) is 0.400. The van der Waals surface area contributed by atoms with Gasteiger partial charge in [-0.1, -0.05) is 12.1 Å². The van der Waals surface area contributed by atoms with E-state index >= 15 is 0 Å². The van der Waals surface area contributed by atoms with Crippen molar-refractivity contribution in [3.8, 4) is 0 Å². The summed E-state index contributed by atoms with van der Waals surface area (Å²) in [5.41, 5.74) is 0.816. The van der Waals surface area contributed by atoms with Gasteiger partial charge in [-0.15, -0.1) is 0 Å². The molecule has 148 valence electrons. The van der Waals surface area contributed by atoms with Crippen LogP contribution in [0.1, 0.15) is 39.4 Å². The lowest BCUT2D eigenvalue weighted by atomic mass is 9.96. The predicted octanol–water partition coefficient (Wildman–Crippen LogP) is 1.62. The third-order valence-electron chi connectivity index (χ3n) is 4.88. The summed E-state index contributed by atoms with van der Waals surface area (Å²) in [6.07, 6.45) is 4.64. The maximum absolute atomic E-state index is 13.0. The average Bonchev–Trinajstić information content (AvgIpc) is 2.73. The number of halogens is 1. The van der Waals surface area contributed by atoms with Gasteiger partial charge >= 0.3 is 0 Å². The Hall–Kier alpha value is -2.87. The average molecular weight is 385 g/mol. The van der Waals surface area contributed by atoms with Gasteiger partial charge in [0.1, 0.15) is 5.82 Å². The van der Waals surface area contributed by atoms with Crippen molar-refractivity contribution in [1.29, 1.82) is 0 Å². The maximum Gasteiger partial charge on any atom is 0.274 e. The lowest BCUT2D eigenvalue weighted by Gasteiger charge is -2.31. The topological polar surface area (TPSA) is 87.2 Å². The molecule has 1 saturated heterocycles. The van der Waals surface area contributed by atoms with Crippen LogP contribution in [0.5, 0.6) is 0 Å². The fourth-order valence-corrected chi connectivity index (χ4v) is 3.31. The van der Waals surface area contributed by atoms with Crippen molar-refractivity contribution in [3.05, 3.63) is 59.4 Å². The molecule has 1 aromatic carbocycles. The third-order valence-corrected chi connectivity index (χ3v) is 4.88. The van der Waals surface area contributed by atoms with Crippen LogP contribution in [-0.4, -0.2) is 53.4 Å². The minimum absolute atomic E-state index is 0.00644. The standard InChI is InChI=1S/C20H24FN5O2/c1-22-12-15-6-10-26(11-7-15)20(28)18-17(23-8-9-24-18)19(27)25-13-14-2-4-16(21)5-3-14/h2-5,8-9,15,22H,6-7,10-13H2,1H3,(H,25,27). The Bertz CT molecular complexity index is 820. The molecule has 8 heteroatoms.